The first kappa shape index (κ1) is 19.0. The number of nitrogens with one attached hydrogen (secondary N) is 1. The van der Waals surface area contributed by atoms with E-state index in [1.807, 2.05) is 4.90 Å². The summed E-state index contributed by atoms with van der Waals surface area (Å²) in [6.45, 7) is 0.821. The van der Waals surface area contributed by atoms with Gasteiger partial charge in [0.2, 0.25) is 11.9 Å². The summed E-state index contributed by atoms with van der Waals surface area (Å²) in [5.41, 5.74) is 1.46. The lowest BCUT2D eigenvalue weighted by atomic mass is 10.1. The van der Waals surface area contributed by atoms with E-state index in [2.05, 4.69) is 10.3 Å². The monoisotopic (exact) mass is 406 g/mol. The second-order valence-corrected chi connectivity index (χ2v) is 7.63. The highest BCUT2D eigenvalue weighted by Gasteiger charge is 2.31. The smallest absolute Gasteiger partial charge is 0.260 e. The molecule has 1 aliphatic carbocycles. The zero-order valence-corrected chi connectivity index (χ0v) is 16.2. The number of amides is 2. The van der Waals surface area contributed by atoms with Crippen molar-refractivity contribution in [3.63, 3.8) is 0 Å². The maximum Gasteiger partial charge on any atom is 0.260 e. The molecule has 8 nitrogen and oxygen atoms in total. The van der Waals surface area contributed by atoms with Gasteiger partial charge in [-0.2, -0.15) is 0 Å². The number of rotatable bonds is 6. The molecule has 150 valence electrons. The standard InChI is InChI=1S/C19H23ClN4O4/c20-18-13-9-23-10-16(26)22-19(23)21-14(13)5-6-15(18)28-11-17(27)24(7-8-25)12-3-1-2-4-12/h5-6,12,25H,1-4,7-11H2,(H,21,22,26). The SMILES string of the molecule is O=C1CN2Cc3c(ccc(OCC(=O)N(CCO)C4CCCC4)c3Cl)N=C2N1. The van der Waals surface area contributed by atoms with Crippen LogP contribution in [0.4, 0.5) is 5.69 Å². The molecule has 28 heavy (non-hydrogen) atoms. The van der Waals surface area contributed by atoms with Gasteiger partial charge in [0.1, 0.15) is 12.3 Å². The first-order valence-corrected chi connectivity index (χ1v) is 9.92. The minimum Gasteiger partial charge on any atom is -0.482 e. The topological polar surface area (TPSA) is 94.5 Å². The molecule has 2 heterocycles. The van der Waals surface area contributed by atoms with Crippen molar-refractivity contribution in [3.8, 4) is 5.75 Å². The number of guanidine groups is 1. The number of halogens is 1. The van der Waals surface area contributed by atoms with Crippen molar-refractivity contribution in [2.24, 2.45) is 4.99 Å². The number of carbonyl (C=O) groups is 2. The van der Waals surface area contributed by atoms with Crippen LogP contribution in [0.3, 0.4) is 0 Å². The fourth-order valence-electron chi connectivity index (χ4n) is 4.04. The molecule has 1 saturated heterocycles. The molecule has 1 saturated carbocycles. The molecule has 1 aromatic carbocycles. The van der Waals surface area contributed by atoms with Crippen LogP contribution in [0.1, 0.15) is 31.2 Å². The summed E-state index contributed by atoms with van der Waals surface area (Å²) in [5.74, 6) is 0.708. The molecule has 4 rings (SSSR count). The van der Waals surface area contributed by atoms with Gasteiger partial charge in [-0.15, -0.1) is 0 Å². The van der Waals surface area contributed by atoms with Crippen molar-refractivity contribution < 1.29 is 19.4 Å². The van der Waals surface area contributed by atoms with Crippen LogP contribution in [-0.2, 0) is 16.1 Å². The Labute approximate surface area is 168 Å². The maximum absolute atomic E-state index is 12.7. The Morgan fingerprint density at radius 1 is 1.36 bits per heavy atom. The van der Waals surface area contributed by atoms with Crippen molar-refractivity contribution in [3.05, 3.63) is 22.7 Å². The number of fused-ring (bicyclic) bond motifs is 2. The van der Waals surface area contributed by atoms with Crippen molar-refractivity contribution >= 4 is 35.1 Å². The summed E-state index contributed by atoms with van der Waals surface area (Å²) in [6.07, 6.45) is 4.14. The Morgan fingerprint density at radius 3 is 2.89 bits per heavy atom. The molecule has 2 aliphatic heterocycles. The van der Waals surface area contributed by atoms with Crippen LogP contribution in [0, 0.1) is 0 Å². The number of hydrogen-bond acceptors (Lipinski definition) is 6. The average Bonchev–Trinajstić information content (AvgIpc) is 3.32. The Balaban J connectivity index is 1.45. The zero-order valence-electron chi connectivity index (χ0n) is 15.5. The van der Waals surface area contributed by atoms with E-state index < -0.39 is 0 Å². The highest BCUT2D eigenvalue weighted by atomic mass is 35.5. The summed E-state index contributed by atoms with van der Waals surface area (Å²) in [5, 5.41) is 12.4. The molecule has 0 bridgehead atoms. The van der Waals surface area contributed by atoms with E-state index in [0.29, 0.717) is 35.5 Å². The van der Waals surface area contributed by atoms with Gasteiger partial charge in [-0.3, -0.25) is 14.9 Å². The number of benzene rings is 1. The highest BCUT2D eigenvalue weighted by molar-refractivity contribution is 6.33. The van der Waals surface area contributed by atoms with Crippen molar-refractivity contribution in [2.75, 3.05) is 26.3 Å². The third-order valence-corrected chi connectivity index (χ3v) is 5.84. The summed E-state index contributed by atoms with van der Waals surface area (Å²) in [7, 11) is 0. The predicted molar refractivity (Wildman–Crippen MR) is 104 cm³/mol. The summed E-state index contributed by atoms with van der Waals surface area (Å²) in [4.78, 5) is 32.2. The second-order valence-electron chi connectivity index (χ2n) is 7.25. The van der Waals surface area contributed by atoms with Gasteiger partial charge in [0.05, 0.1) is 23.9 Å². The Morgan fingerprint density at radius 2 is 2.14 bits per heavy atom. The third-order valence-electron chi connectivity index (χ3n) is 5.42. The molecule has 2 fully saturated rings. The minimum absolute atomic E-state index is 0.0647. The third kappa shape index (κ3) is 3.66. The number of hydrogen-bond donors (Lipinski definition) is 2. The summed E-state index contributed by atoms with van der Waals surface area (Å²) in [6, 6.07) is 3.64. The lowest BCUT2D eigenvalue weighted by molar-refractivity contribution is -0.136. The quantitative estimate of drug-likeness (QED) is 0.745. The zero-order chi connectivity index (χ0) is 19.7. The van der Waals surface area contributed by atoms with Crippen LogP contribution in [0.25, 0.3) is 0 Å². The van der Waals surface area contributed by atoms with Gasteiger partial charge in [0.25, 0.3) is 5.91 Å². The van der Waals surface area contributed by atoms with Crippen molar-refractivity contribution in [1.82, 2.24) is 15.1 Å². The average molecular weight is 407 g/mol. The van der Waals surface area contributed by atoms with Crippen LogP contribution in [-0.4, -0.2) is 65.0 Å². The predicted octanol–water partition coefficient (Wildman–Crippen LogP) is 1.42. The molecule has 1 aromatic rings. The lowest BCUT2D eigenvalue weighted by Crippen LogP contribution is -2.43. The fourth-order valence-corrected chi connectivity index (χ4v) is 4.31. The lowest BCUT2D eigenvalue weighted by Gasteiger charge is -2.28. The summed E-state index contributed by atoms with van der Waals surface area (Å²) < 4.78 is 5.73. The number of carbonyl (C=O) groups excluding carboxylic acids is 2. The number of aliphatic hydroxyl groups is 1. The minimum atomic E-state index is -0.149. The molecule has 0 atom stereocenters. The van der Waals surface area contributed by atoms with Gasteiger partial charge in [0.15, 0.2) is 6.61 Å². The fraction of sp³-hybridized carbons (Fsp3) is 0.526. The van der Waals surface area contributed by atoms with Crippen LogP contribution in [0.15, 0.2) is 17.1 Å². The van der Waals surface area contributed by atoms with Gasteiger partial charge in [-0.05, 0) is 25.0 Å². The van der Waals surface area contributed by atoms with Gasteiger partial charge >= 0.3 is 0 Å². The van der Waals surface area contributed by atoms with Crippen LogP contribution >= 0.6 is 11.6 Å². The Kier molecular flexibility index (Phi) is 5.41. The largest absolute Gasteiger partial charge is 0.482 e. The van der Waals surface area contributed by atoms with Crippen LogP contribution in [0.5, 0.6) is 5.75 Å². The Hall–Kier alpha value is -2.32. The molecule has 2 amide bonds. The van der Waals surface area contributed by atoms with Crippen LogP contribution < -0.4 is 10.1 Å². The van der Waals surface area contributed by atoms with E-state index in [9.17, 15) is 14.7 Å². The molecule has 0 unspecified atom stereocenters. The highest BCUT2D eigenvalue weighted by Crippen LogP contribution is 2.38. The maximum atomic E-state index is 12.7. The molecular formula is C19H23ClN4O4. The number of aliphatic hydroxyl groups excluding tert-OH is 1. The van der Waals surface area contributed by atoms with Crippen molar-refractivity contribution in [1.29, 1.82) is 0 Å². The van der Waals surface area contributed by atoms with Crippen LogP contribution in [0.2, 0.25) is 5.02 Å². The number of nitrogens with zero attached hydrogens (tertiary/aromatic N) is 3. The van der Waals surface area contributed by atoms with Gasteiger partial charge < -0.3 is 19.6 Å². The number of aliphatic imine (C=N–C) groups is 1. The molecular weight excluding hydrogens is 384 g/mol. The summed E-state index contributed by atoms with van der Waals surface area (Å²) >= 11 is 6.51. The van der Waals surface area contributed by atoms with E-state index in [1.54, 1.807) is 17.0 Å². The van der Waals surface area contributed by atoms with E-state index in [-0.39, 0.29) is 37.6 Å². The van der Waals surface area contributed by atoms with E-state index in [0.717, 1.165) is 31.2 Å². The van der Waals surface area contributed by atoms with Gasteiger partial charge in [-0.1, -0.05) is 24.4 Å². The second kappa shape index (κ2) is 7.97. The normalized spacial score (nSPS) is 18.4. The van der Waals surface area contributed by atoms with E-state index in [1.165, 1.54) is 0 Å². The molecule has 3 aliphatic rings. The van der Waals surface area contributed by atoms with Crippen molar-refractivity contribution in [2.45, 2.75) is 38.3 Å². The molecule has 9 heteroatoms. The molecule has 0 aromatic heterocycles. The molecule has 0 spiro atoms. The van der Waals surface area contributed by atoms with Gasteiger partial charge in [0, 0.05) is 18.2 Å². The Bertz CT molecular complexity index is 822. The first-order chi connectivity index (χ1) is 13.6. The van der Waals surface area contributed by atoms with E-state index in [4.69, 9.17) is 16.3 Å². The molecule has 2 N–H and O–H groups in total. The first-order valence-electron chi connectivity index (χ1n) is 9.55. The molecule has 0 radical (unpaired) electrons. The van der Waals surface area contributed by atoms with E-state index >= 15 is 0 Å². The van der Waals surface area contributed by atoms with Gasteiger partial charge in [-0.25, -0.2) is 4.99 Å². The number of ether oxygens (including phenoxy) is 1.